The molecule has 0 aromatic heterocycles. The molecular weight excluding hydrogens is 439 g/mol. The molecule has 3 nitrogen and oxygen atoms in total. The van der Waals surface area contributed by atoms with E-state index in [2.05, 4.69) is 17.0 Å². The van der Waals surface area contributed by atoms with E-state index < -0.39 is 5.41 Å². The van der Waals surface area contributed by atoms with E-state index in [9.17, 15) is 4.79 Å². The fourth-order valence-corrected chi connectivity index (χ4v) is 6.40. The van der Waals surface area contributed by atoms with E-state index in [0.717, 1.165) is 39.6 Å². The van der Waals surface area contributed by atoms with Gasteiger partial charge >= 0.3 is 0 Å². The van der Waals surface area contributed by atoms with E-state index in [1.807, 2.05) is 66.7 Å². The average Bonchev–Trinajstić information content (AvgIpc) is 3.06. The summed E-state index contributed by atoms with van der Waals surface area (Å²) in [7, 11) is 0. The molecule has 164 valence electrons. The minimum absolute atomic E-state index is 0.0726. The number of halogens is 2. The van der Waals surface area contributed by atoms with Gasteiger partial charge in [-0.05, 0) is 54.5 Å². The Morgan fingerprint density at radius 1 is 0.812 bits per heavy atom. The number of benzene rings is 3. The molecule has 2 N–H and O–H groups in total. The molecule has 1 unspecified atom stereocenters. The Balaban J connectivity index is 1.60. The lowest BCUT2D eigenvalue weighted by Gasteiger charge is -2.48. The van der Waals surface area contributed by atoms with Gasteiger partial charge in [0, 0.05) is 22.1 Å². The van der Waals surface area contributed by atoms with Crippen molar-refractivity contribution in [2.24, 2.45) is 5.73 Å². The van der Waals surface area contributed by atoms with Crippen molar-refractivity contribution in [1.82, 2.24) is 4.90 Å². The third-order valence-corrected chi connectivity index (χ3v) is 8.03. The summed E-state index contributed by atoms with van der Waals surface area (Å²) < 4.78 is 0. The van der Waals surface area contributed by atoms with Crippen molar-refractivity contribution in [3.63, 3.8) is 0 Å². The van der Waals surface area contributed by atoms with Crippen molar-refractivity contribution in [2.75, 3.05) is 0 Å². The van der Waals surface area contributed by atoms with E-state index >= 15 is 0 Å². The number of primary amides is 1. The molecule has 3 aromatic carbocycles. The summed E-state index contributed by atoms with van der Waals surface area (Å²) >= 11 is 13.4. The summed E-state index contributed by atoms with van der Waals surface area (Å²) in [6, 6.07) is 26.4. The lowest BCUT2D eigenvalue weighted by Crippen LogP contribution is -2.55. The summed E-state index contributed by atoms with van der Waals surface area (Å²) in [5, 5.41) is 1.46. The van der Waals surface area contributed by atoms with E-state index in [1.165, 1.54) is 0 Å². The number of piperidine rings is 1. The number of nitrogens with zero attached hydrogens (tertiary/aromatic N) is 1. The van der Waals surface area contributed by atoms with E-state index in [0.29, 0.717) is 12.8 Å². The number of hydrogen-bond acceptors (Lipinski definition) is 2. The molecule has 3 atom stereocenters. The summed E-state index contributed by atoms with van der Waals surface area (Å²) in [4.78, 5) is 15.4. The van der Waals surface area contributed by atoms with Crippen molar-refractivity contribution in [3.05, 3.63) is 106 Å². The molecule has 5 rings (SSSR count). The number of carbonyl (C=O) groups is 1. The summed E-state index contributed by atoms with van der Waals surface area (Å²) in [6.07, 6.45) is 3.46. The Bertz CT molecular complexity index is 1070. The van der Waals surface area contributed by atoms with Gasteiger partial charge in [0.1, 0.15) is 0 Å². The van der Waals surface area contributed by atoms with Crippen LogP contribution in [-0.2, 0) is 10.2 Å². The zero-order chi connectivity index (χ0) is 22.3. The molecule has 2 aliphatic rings. The second-order valence-electron chi connectivity index (χ2n) is 9.00. The number of amides is 1. The summed E-state index contributed by atoms with van der Waals surface area (Å²) in [6.45, 7) is 0. The Morgan fingerprint density at radius 2 is 1.28 bits per heavy atom. The van der Waals surface area contributed by atoms with Crippen molar-refractivity contribution in [3.8, 4) is 0 Å². The molecule has 0 aliphatic carbocycles. The van der Waals surface area contributed by atoms with Crippen LogP contribution < -0.4 is 5.73 Å². The number of hydrogen-bond donors (Lipinski definition) is 1. The normalized spacial score (nSPS) is 25.2. The van der Waals surface area contributed by atoms with Gasteiger partial charge < -0.3 is 5.73 Å². The van der Waals surface area contributed by atoms with Gasteiger partial charge in [-0.3, -0.25) is 9.69 Å². The lowest BCUT2D eigenvalue weighted by atomic mass is 9.68. The van der Waals surface area contributed by atoms with Crippen LogP contribution in [0, 0.1) is 0 Å². The molecule has 2 bridgehead atoms. The molecule has 0 saturated carbocycles. The predicted molar refractivity (Wildman–Crippen MR) is 130 cm³/mol. The highest BCUT2D eigenvalue weighted by atomic mass is 35.5. The first-order valence-electron chi connectivity index (χ1n) is 11.1. The van der Waals surface area contributed by atoms with Crippen molar-refractivity contribution < 1.29 is 4.79 Å². The van der Waals surface area contributed by atoms with E-state index in [1.54, 1.807) is 0 Å². The molecule has 0 spiro atoms. The number of fused-ring (bicyclic) bond motifs is 2. The maximum absolute atomic E-state index is 12.9. The third-order valence-electron chi connectivity index (χ3n) is 7.34. The lowest BCUT2D eigenvalue weighted by molar-refractivity contribution is -0.127. The topological polar surface area (TPSA) is 46.3 Å². The smallest absolute Gasteiger partial charge is 0.228 e. The molecule has 2 saturated heterocycles. The average molecular weight is 465 g/mol. The van der Waals surface area contributed by atoms with Crippen LogP contribution >= 0.6 is 23.2 Å². The van der Waals surface area contributed by atoms with Gasteiger partial charge in [-0.1, -0.05) is 89.9 Å². The van der Waals surface area contributed by atoms with Crippen LogP contribution in [0.25, 0.3) is 0 Å². The molecule has 32 heavy (non-hydrogen) atoms. The first kappa shape index (κ1) is 21.5. The highest BCUT2D eigenvalue weighted by Gasteiger charge is 2.54. The van der Waals surface area contributed by atoms with Crippen LogP contribution in [0.15, 0.2) is 78.9 Å². The third kappa shape index (κ3) is 3.53. The van der Waals surface area contributed by atoms with Crippen LogP contribution in [0.4, 0.5) is 0 Å². The largest absolute Gasteiger partial charge is 0.369 e. The molecule has 2 fully saturated rings. The van der Waals surface area contributed by atoms with Crippen LogP contribution in [0.3, 0.4) is 0 Å². The quantitative estimate of drug-likeness (QED) is 0.493. The fourth-order valence-electron chi connectivity index (χ4n) is 5.92. The van der Waals surface area contributed by atoms with E-state index in [4.69, 9.17) is 28.9 Å². The molecule has 1 amide bonds. The monoisotopic (exact) mass is 464 g/mol. The van der Waals surface area contributed by atoms with E-state index in [-0.39, 0.29) is 24.0 Å². The zero-order valence-corrected chi connectivity index (χ0v) is 19.3. The molecule has 3 aromatic rings. The van der Waals surface area contributed by atoms with Gasteiger partial charge in [-0.15, -0.1) is 0 Å². The number of nitrogens with two attached hydrogens (primary N) is 1. The van der Waals surface area contributed by atoms with Crippen molar-refractivity contribution >= 4 is 29.1 Å². The van der Waals surface area contributed by atoms with Crippen LogP contribution in [0.1, 0.15) is 48.4 Å². The van der Waals surface area contributed by atoms with Crippen molar-refractivity contribution in [2.45, 2.75) is 49.2 Å². The van der Waals surface area contributed by atoms with Crippen molar-refractivity contribution in [1.29, 1.82) is 0 Å². The molecule has 2 heterocycles. The molecule has 0 radical (unpaired) electrons. The van der Waals surface area contributed by atoms with Gasteiger partial charge in [-0.2, -0.15) is 0 Å². The SMILES string of the molecule is NC(=O)C1(c2ccccc2)C[C@H]2CC[C@@H](C1)N2C(c1ccccc1Cl)c1ccccc1Cl. The standard InChI is InChI=1S/C27H26Cl2N2O/c28-23-12-6-4-10-21(23)25(22-11-5-7-13-24(22)29)31-19-14-15-20(31)17-27(16-19,26(30)32)18-8-2-1-3-9-18/h1-13,19-20,25H,14-17H2,(H2,30,32)/t19-,20+,27?. The van der Waals surface area contributed by atoms with Crippen LogP contribution in [-0.4, -0.2) is 22.9 Å². The van der Waals surface area contributed by atoms with Gasteiger partial charge in [0.15, 0.2) is 0 Å². The van der Waals surface area contributed by atoms with Gasteiger partial charge in [-0.25, -0.2) is 0 Å². The maximum atomic E-state index is 12.9. The summed E-state index contributed by atoms with van der Waals surface area (Å²) in [5.41, 5.74) is 8.55. The minimum Gasteiger partial charge on any atom is -0.369 e. The Kier molecular flexibility index (Phi) is 5.75. The molecule has 2 aliphatic heterocycles. The maximum Gasteiger partial charge on any atom is 0.228 e. The molecule has 5 heteroatoms. The zero-order valence-electron chi connectivity index (χ0n) is 17.8. The second kappa shape index (κ2) is 8.55. The highest BCUT2D eigenvalue weighted by molar-refractivity contribution is 6.32. The Labute approximate surface area is 199 Å². The minimum atomic E-state index is -0.644. The number of rotatable bonds is 5. The predicted octanol–water partition coefficient (Wildman–Crippen LogP) is 6.13. The second-order valence-corrected chi connectivity index (χ2v) is 9.81. The summed E-state index contributed by atoms with van der Waals surface area (Å²) in [5.74, 6) is -0.229. The fraction of sp³-hybridized carbons (Fsp3) is 0.296. The van der Waals surface area contributed by atoms with Crippen LogP contribution in [0.2, 0.25) is 10.0 Å². The van der Waals surface area contributed by atoms with Gasteiger partial charge in [0.25, 0.3) is 0 Å². The molecular formula is C27H26Cl2N2O. The Hall–Kier alpha value is -2.33. The van der Waals surface area contributed by atoms with Gasteiger partial charge in [0.2, 0.25) is 5.91 Å². The van der Waals surface area contributed by atoms with Crippen LogP contribution in [0.5, 0.6) is 0 Å². The van der Waals surface area contributed by atoms with Gasteiger partial charge in [0.05, 0.1) is 11.5 Å². The number of carbonyl (C=O) groups excluding carboxylic acids is 1. The Morgan fingerprint density at radius 3 is 1.75 bits per heavy atom. The first-order chi connectivity index (χ1) is 15.5. The first-order valence-corrected chi connectivity index (χ1v) is 11.9. The highest BCUT2D eigenvalue weighted by Crippen LogP contribution is 2.52.